The minimum absolute atomic E-state index is 0.455. The van der Waals surface area contributed by atoms with Gasteiger partial charge in [0.05, 0.1) is 5.69 Å². The van der Waals surface area contributed by atoms with Gasteiger partial charge in [-0.1, -0.05) is 23.4 Å². The number of aromatic nitrogens is 5. The van der Waals surface area contributed by atoms with Crippen LogP contribution in [0.4, 0.5) is 0 Å². The number of hydrogen-bond donors (Lipinski definition) is 1. The molecule has 5 heterocycles. The quantitative estimate of drug-likeness (QED) is 0.503. The number of thiophene rings is 1. The van der Waals surface area contributed by atoms with Crippen molar-refractivity contribution in [2.45, 2.75) is 25.3 Å². The number of rotatable bonds is 3. The Kier molecular flexibility index (Phi) is 3.70. The lowest BCUT2D eigenvalue weighted by Crippen LogP contribution is -2.32. The number of nitrogens with zero attached hydrogens (tertiary/aromatic N) is 5. The summed E-state index contributed by atoms with van der Waals surface area (Å²) < 4.78 is 3.20. The molecule has 1 aromatic carbocycles. The zero-order valence-electron chi connectivity index (χ0n) is 15.4. The molecule has 6 rings (SSSR count). The first-order valence-electron chi connectivity index (χ1n) is 9.72. The van der Waals surface area contributed by atoms with Crippen molar-refractivity contribution in [3.63, 3.8) is 0 Å². The van der Waals surface area contributed by atoms with E-state index in [1.807, 2.05) is 22.0 Å². The van der Waals surface area contributed by atoms with Crippen molar-refractivity contribution in [2.24, 2.45) is 0 Å². The zero-order valence-corrected chi connectivity index (χ0v) is 16.2. The van der Waals surface area contributed by atoms with Gasteiger partial charge in [0.15, 0.2) is 0 Å². The van der Waals surface area contributed by atoms with Crippen molar-refractivity contribution in [1.82, 2.24) is 29.7 Å². The molecule has 140 valence electrons. The molecule has 4 aromatic heterocycles. The summed E-state index contributed by atoms with van der Waals surface area (Å²) in [6.07, 6.45) is 5.92. The number of nitrogens with one attached hydrogen (secondary N) is 1. The maximum atomic E-state index is 4.53. The second kappa shape index (κ2) is 6.39. The fourth-order valence-electron chi connectivity index (χ4n) is 4.39. The van der Waals surface area contributed by atoms with E-state index in [1.165, 1.54) is 15.0 Å². The summed E-state index contributed by atoms with van der Waals surface area (Å²) in [4.78, 5) is 11.6. The third kappa shape index (κ3) is 2.62. The molecule has 0 radical (unpaired) electrons. The van der Waals surface area contributed by atoms with Gasteiger partial charge in [0, 0.05) is 33.6 Å². The summed E-state index contributed by atoms with van der Waals surface area (Å²) in [5.74, 6) is 0.455. The maximum absolute atomic E-state index is 4.53. The van der Waals surface area contributed by atoms with Crippen LogP contribution in [0.1, 0.15) is 29.3 Å². The summed E-state index contributed by atoms with van der Waals surface area (Å²) in [5.41, 5.74) is 3.13. The van der Waals surface area contributed by atoms with Gasteiger partial charge >= 0.3 is 0 Å². The lowest BCUT2D eigenvalue weighted by molar-refractivity contribution is 0.205. The minimum atomic E-state index is 0.455. The standard InChI is InChI=1S/C21H20N6S/c1-2-4-18-15(3-1)11-16(28-18)12-26-9-6-14(7-10-26)19-20-17-5-8-22-21(17)23-13-27(20)25-24-19/h1-5,8,11,13-14,22H,6-7,9-10,12H2. The number of hydrogen-bond acceptors (Lipinski definition) is 5. The average Bonchev–Trinajstić information content (AvgIpc) is 3.45. The Balaban J connectivity index is 1.21. The molecule has 5 aromatic rings. The van der Waals surface area contributed by atoms with E-state index >= 15 is 0 Å². The van der Waals surface area contributed by atoms with E-state index < -0.39 is 0 Å². The van der Waals surface area contributed by atoms with Gasteiger partial charge in [-0.15, -0.1) is 16.4 Å². The molecule has 1 aliphatic rings. The molecule has 0 saturated carbocycles. The SMILES string of the molecule is c1ccc2sc(CN3CCC(c4nnn5cnc6[nH]ccc6c45)CC3)cc2c1. The Morgan fingerprint density at radius 2 is 2.04 bits per heavy atom. The number of likely N-dealkylation sites (tertiary alicyclic amines) is 1. The molecular weight excluding hydrogens is 368 g/mol. The van der Waals surface area contributed by atoms with Crippen LogP contribution < -0.4 is 0 Å². The van der Waals surface area contributed by atoms with E-state index in [4.69, 9.17) is 0 Å². The first-order chi connectivity index (χ1) is 13.8. The lowest BCUT2D eigenvalue weighted by atomic mass is 9.92. The van der Waals surface area contributed by atoms with Crippen LogP contribution in [-0.4, -0.2) is 42.8 Å². The van der Waals surface area contributed by atoms with Gasteiger partial charge in [-0.05, 0) is 49.5 Å². The van der Waals surface area contributed by atoms with Crippen LogP contribution in [0.3, 0.4) is 0 Å². The van der Waals surface area contributed by atoms with E-state index in [1.54, 1.807) is 6.33 Å². The van der Waals surface area contributed by atoms with Crippen molar-refractivity contribution < 1.29 is 0 Å². The van der Waals surface area contributed by atoms with Gasteiger partial charge in [0.1, 0.15) is 17.5 Å². The summed E-state index contributed by atoms with van der Waals surface area (Å²) in [7, 11) is 0. The van der Waals surface area contributed by atoms with Gasteiger partial charge in [0.2, 0.25) is 0 Å². The van der Waals surface area contributed by atoms with Crippen molar-refractivity contribution in [3.8, 4) is 0 Å². The highest BCUT2D eigenvalue weighted by molar-refractivity contribution is 7.19. The summed E-state index contributed by atoms with van der Waals surface area (Å²) in [6.45, 7) is 3.23. The second-order valence-corrected chi connectivity index (χ2v) is 8.72. The predicted octanol–water partition coefficient (Wildman–Crippen LogP) is 4.20. The van der Waals surface area contributed by atoms with Gasteiger partial charge in [-0.25, -0.2) is 9.50 Å². The average molecular weight is 389 g/mol. The van der Waals surface area contributed by atoms with Gasteiger partial charge in [-0.2, -0.15) is 0 Å². The fourth-order valence-corrected chi connectivity index (χ4v) is 5.50. The largest absolute Gasteiger partial charge is 0.346 e. The summed E-state index contributed by atoms with van der Waals surface area (Å²) >= 11 is 1.92. The van der Waals surface area contributed by atoms with Crippen molar-refractivity contribution in [2.75, 3.05) is 13.1 Å². The summed E-state index contributed by atoms with van der Waals surface area (Å²) in [6, 6.07) is 13.1. The number of aromatic amines is 1. The number of benzene rings is 1. The summed E-state index contributed by atoms with van der Waals surface area (Å²) in [5, 5.41) is 11.3. The molecule has 1 saturated heterocycles. The Bertz CT molecular complexity index is 1240. The van der Waals surface area contributed by atoms with E-state index in [2.05, 4.69) is 61.6 Å². The molecule has 0 amide bonds. The highest BCUT2D eigenvalue weighted by Crippen LogP contribution is 2.33. The molecule has 0 aliphatic carbocycles. The monoisotopic (exact) mass is 388 g/mol. The van der Waals surface area contributed by atoms with E-state index in [9.17, 15) is 0 Å². The molecule has 28 heavy (non-hydrogen) atoms. The van der Waals surface area contributed by atoms with Crippen LogP contribution in [0.5, 0.6) is 0 Å². The molecule has 0 spiro atoms. The van der Waals surface area contributed by atoms with Gasteiger partial charge in [-0.3, -0.25) is 4.90 Å². The Hall–Kier alpha value is -2.77. The van der Waals surface area contributed by atoms with Crippen LogP contribution in [0.25, 0.3) is 26.6 Å². The number of piperidine rings is 1. The van der Waals surface area contributed by atoms with Crippen LogP contribution >= 0.6 is 11.3 Å². The smallest absolute Gasteiger partial charge is 0.141 e. The molecule has 6 nitrogen and oxygen atoms in total. The number of H-pyrrole nitrogens is 1. The van der Waals surface area contributed by atoms with Crippen LogP contribution in [0, 0.1) is 0 Å². The normalized spacial score (nSPS) is 16.6. The van der Waals surface area contributed by atoms with Gasteiger partial charge < -0.3 is 4.98 Å². The molecule has 1 aliphatic heterocycles. The first kappa shape index (κ1) is 16.2. The molecule has 0 atom stereocenters. The lowest BCUT2D eigenvalue weighted by Gasteiger charge is -2.30. The van der Waals surface area contributed by atoms with Crippen LogP contribution in [0.15, 0.2) is 48.9 Å². The van der Waals surface area contributed by atoms with Gasteiger partial charge in [0.25, 0.3) is 0 Å². The predicted molar refractivity (Wildman–Crippen MR) is 112 cm³/mol. The Labute approximate surface area is 165 Å². The molecule has 1 fully saturated rings. The fraction of sp³-hybridized carbons (Fsp3) is 0.286. The third-order valence-electron chi connectivity index (χ3n) is 5.83. The van der Waals surface area contributed by atoms with Crippen molar-refractivity contribution in [1.29, 1.82) is 0 Å². The molecule has 1 N–H and O–H groups in total. The topological polar surface area (TPSA) is 62.1 Å². The Morgan fingerprint density at radius 3 is 2.93 bits per heavy atom. The van der Waals surface area contributed by atoms with Crippen molar-refractivity contribution >= 4 is 38.0 Å². The Morgan fingerprint density at radius 1 is 1.14 bits per heavy atom. The van der Waals surface area contributed by atoms with Crippen LogP contribution in [-0.2, 0) is 6.54 Å². The molecular formula is C21H20N6S. The second-order valence-electron chi connectivity index (χ2n) is 7.55. The minimum Gasteiger partial charge on any atom is -0.346 e. The van der Waals surface area contributed by atoms with Crippen LogP contribution in [0.2, 0.25) is 0 Å². The molecule has 0 unspecified atom stereocenters. The molecule has 7 heteroatoms. The highest BCUT2D eigenvalue weighted by Gasteiger charge is 2.26. The van der Waals surface area contributed by atoms with E-state index in [0.717, 1.165) is 54.7 Å². The van der Waals surface area contributed by atoms with E-state index in [0.29, 0.717) is 5.92 Å². The van der Waals surface area contributed by atoms with Crippen molar-refractivity contribution in [3.05, 3.63) is 59.5 Å². The first-order valence-corrected chi connectivity index (χ1v) is 10.5. The zero-order chi connectivity index (χ0) is 18.5. The third-order valence-corrected chi connectivity index (χ3v) is 6.93. The highest BCUT2D eigenvalue weighted by atomic mass is 32.1. The van der Waals surface area contributed by atoms with E-state index in [-0.39, 0.29) is 0 Å². The number of fused-ring (bicyclic) bond motifs is 4. The molecule has 0 bridgehead atoms. The maximum Gasteiger partial charge on any atom is 0.141 e.